The fourth-order valence-corrected chi connectivity index (χ4v) is 2.35. The average Bonchev–Trinajstić information content (AvgIpc) is 2.40. The maximum atomic E-state index is 13.7. The summed E-state index contributed by atoms with van der Waals surface area (Å²) < 4.78 is 14.3. The number of carbonyl (C=O) groups excluding carboxylic acids is 1. The van der Waals surface area contributed by atoms with Crippen LogP contribution in [0.15, 0.2) is 22.7 Å². The van der Waals surface area contributed by atoms with E-state index < -0.39 is 23.2 Å². The van der Waals surface area contributed by atoms with Gasteiger partial charge in [0.25, 0.3) is 5.91 Å². The molecule has 0 spiro atoms. The lowest BCUT2D eigenvalue weighted by Gasteiger charge is -2.31. The largest absolute Gasteiger partial charge is 0.481 e. The van der Waals surface area contributed by atoms with Gasteiger partial charge in [0, 0.05) is 4.47 Å². The molecule has 0 saturated carbocycles. The lowest BCUT2D eigenvalue weighted by Crippen LogP contribution is -2.49. The van der Waals surface area contributed by atoms with Gasteiger partial charge in [0.05, 0.1) is 17.5 Å². The van der Waals surface area contributed by atoms with Crippen LogP contribution in [0.5, 0.6) is 0 Å². The standard InChI is InChI=1S/C14H17BrFNO3/c1-3-14(4-2,8-12(18)19)17-13(20)10-7-9(15)5-6-11(10)16/h5-7H,3-4,8H2,1-2H3,(H,17,20)(H,18,19). The van der Waals surface area contributed by atoms with Gasteiger partial charge < -0.3 is 10.4 Å². The van der Waals surface area contributed by atoms with Gasteiger partial charge in [-0.05, 0) is 31.0 Å². The molecule has 0 heterocycles. The highest BCUT2D eigenvalue weighted by Crippen LogP contribution is 2.22. The first kappa shape index (κ1) is 16.6. The number of amides is 1. The van der Waals surface area contributed by atoms with Crippen LogP contribution in [-0.2, 0) is 4.79 Å². The number of nitrogens with one attached hydrogen (secondary N) is 1. The topological polar surface area (TPSA) is 66.4 Å². The second-order valence-corrected chi connectivity index (χ2v) is 5.55. The van der Waals surface area contributed by atoms with E-state index >= 15 is 0 Å². The summed E-state index contributed by atoms with van der Waals surface area (Å²) >= 11 is 3.18. The molecule has 0 radical (unpaired) electrons. The predicted octanol–water partition coefficient (Wildman–Crippen LogP) is 3.35. The van der Waals surface area contributed by atoms with E-state index in [1.165, 1.54) is 18.2 Å². The molecular weight excluding hydrogens is 329 g/mol. The lowest BCUT2D eigenvalue weighted by atomic mass is 9.88. The quantitative estimate of drug-likeness (QED) is 0.830. The summed E-state index contributed by atoms with van der Waals surface area (Å²) in [6.45, 7) is 3.59. The summed E-state index contributed by atoms with van der Waals surface area (Å²) in [6, 6.07) is 4.06. The number of rotatable bonds is 6. The minimum atomic E-state index is -0.997. The molecule has 0 aliphatic rings. The van der Waals surface area contributed by atoms with Crippen LogP contribution in [0.3, 0.4) is 0 Å². The van der Waals surface area contributed by atoms with Gasteiger partial charge in [0.15, 0.2) is 0 Å². The molecule has 6 heteroatoms. The normalized spacial score (nSPS) is 11.2. The SMILES string of the molecule is CCC(CC)(CC(=O)O)NC(=O)c1cc(Br)ccc1F. The Morgan fingerprint density at radius 2 is 1.95 bits per heavy atom. The third-order valence-corrected chi connectivity index (χ3v) is 3.89. The van der Waals surface area contributed by atoms with Gasteiger partial charge in [-0.1, -0.05) is 29.8 Å². The molecule has 0 fully saturated rings. The summed E-state index contributed by atoms with van der Waals surface area (Å²) in [5, 5.41) is 11.6. The molecule has 20 heavy (non-hydrogen) atoms. The molecular formula is C14H17BrFNO3. The number of hydrogen-bond acceptors (Lipinski definition) is 2. The van der Waals surface area contributed by atoms with Gasteiger partial charge in [0.2, 0.25) is 0 Å². The fourth-order valence-electron chi connectivity index (χ4n) is 1.99. The summed E-state index contributed by atoms with van der Waals surface area (Å²) in [5.41, 5.74) is -0.964. The van der Waals surface area contributed by atoms with Crippen molar-refractivity contribution >= 4 is 27.8 Å². The maximum Gasteiger partial charge on any atom is 0.305 e. The Morgan fingerprint density at radius 1 is 1.35 bits per heavy atom. The minimum absolute atomic E-state index is 0.101. The van der Waals surface area contributed by atoms with Crippen LogP contribution in [0.4, 0.5) is 4.39 Å². The summed E-state index contributed by atoms with van der Waals surface area (Å²) in [4.78, 5) is 23.1. The molecule has 2 N–H and O–H groups in total. The molecule has 0 aliphatic carbocycles. The van der Waals surface area contributed by atoms with Crippen molar-refractivity contribution in [3.63, 3.8) is 0 Å². The Kier molecular flexibility index (Phi) is 5.68. The number of hydrogen-bond donors (Lipinski definition) is 2. The average molecular weight is 346 g/mol. The summed E-state index contributed by atoms with van der Waals surface area (Å²) in [6.07, 6.45) is 0.718. The van der Waals surface area contributed by atoms with Crippen LogP contribution in [0.1, 0.15) is 43.5 Å². The van der Waals surface area contributed by atoms with Crippen LogP contribution in [0.2, 0.25) is 0 Å². The summed E-state index contributed by atoms with van der Waals surface area (Å²) in [7, 11) is 0. The van der Waals surface area contributed by atoms with Crippen molar-refractivity contribution in [2.75, 3.05) is 0 Å². The van der Waals surface area contributed by atoms with Crippen LogP contribution < -0.4 is 5.32 Å². The number of carboxylic acids is 1. The van der Waals surface area contributed by atoms with Gasteiger partial charge in [-0.2, -0.15) is 0 Å². The molecule has 0 aliphatic heterocycles. The van der Waals surface area contributed by atoms with E-state index in [2.05, 4.69) is 21.2 Å². The van der Waals surface area contributed by atoms with E-state index in [4.69, 9.17) is 5.11 Å². The van der Waals surface area contributed by atoms with E-state index in [1.54, 1.807) is 13.8 Å². The highest BCUT2D eigenvalue weighted by Gasteiger charge is 2.31. The number of carboxylic acid groups (broad SMARTS) is 1. The zero-order chi connectivity index (χ0) is 15.3. The van der Waals surface area contributed by atoms with Crippen LogP contribution in [0, 0.1) is 5.82 Å². The van der Waals surface area contributed by atoms with Gasteiger partial charge in [0.1, 0.15) is 5.82 Å². The van der Waals surface area contributed by atoms with Crippen molar-refractivity contribution in [1.82, 2.24) is 5.32 Å². The Bertz CT molecular complexity index is 515. The highest BCUT2D eigenvalue weighted by molar-refractivity contribution is 9.10. The fraction of sp³-hybridized carbons (Fsp3) is 0.429. The number of halogens is 2. The monoisotopic (exact) mass is 345 g/mol. The van der Waals surface area contributed by atoms with Crippen molar-refractivity contribution in [3.8, 4) is 0 Å². The number of carbonyl (C=O) groups is 2. The molecule has 1 aromatic carbocycles. The predicted molar refractivity (Wildman–Crippen MR) is 77.1 cm³/mol. The third-order valence-electron chi connectivity index (χ3n) is 3.39. The first-order valence-electron chi connectivity index (χ1n) is 6.33. The molecule has 4 nitrogen and oxygen atoms in total. The Labute approximate surface area is 125 Å². The van der Waals surface area contributed by atoms with Gasteiger partial charge in [-0.3, -0.25) is 9.59 Å². The molecule has 0 aromatic heterocycles. The van der Waals surface area contributed by atoms with Crippen molar-refractivity contribution in [1.29, 1.82) is 0 Å². The van der Waals surface area contributed by atoms with E-state index in [-0.39, 0.29) is 12.0 Å². The second kappa shape index (κ2) is 6.83. The third kappa shape index (κ3) is 4.03. The number of benzene rings is 1. The van der Waals surface area contributed by atoms with Gasteiger partial charge >= 0.3 is 5.97 Å². The summed E-state index contributed by atoms with van der Waals surface area (Å²) in [5.74, 6) is -2.24. The Hall–Kier alpha value is -1.43. The van der Waals surface area contributed by atoms with Crippen molar-refractivity contribution in [2.24, 2.45) is 0 Å². The van der Waals surface area contributed by atoms with Crippen molar-refractivity contribution in [2.45, 2.75) is 38.6 Å². The lowest BCUT2D eigenvalue weighted by molar-refractivity contribution is -0.138. The van der Waals surface area contributed by atoms with Gasteiger partial charge in [-0.15, -0.1) is 0 Å². The molecule has 1 aromatic rings. The minimum Gasteiger partial charge on any atom is -0.481 e. The molecule has 0 bridgehead atoms. The van der Waals surface area contributed by atoms with Crippen LogP contribution in [0.25, 0.3) is 0 Å². The van der Waals surface area contributed by atoms with E-state index in [0.717, 1.165) is 0 Å². The molecule has 110 valence electrons. The molecule has 0 saturated heterocycles. The zero-order valence-electron chi connectivity index (χ0n) is 11.4. The van der Waals surface area contributed by atoms with E-state index in [1.807, 2.05) is 0 Å². The molecule has 0 atom stereocenters. The van der Waals surface area contributed by atoms with Gasteiger partial charge in [-0.25, -0.2) is 4.39 Å². The first-order chi connectivity index (χ1) is 9.33. The highest BCUT2D eigenvalue weighted by atomic mass is 79.9. The maximum absolute atomic E-state index is 13.7. The second-order valence-electron chi connectivity index (χ2n) is 4.64. The first-order valence-corrected chi connectivity index (χ1v) is 7.12. The smallest absolute Gasteiger partial charge is 0.305 e. The molecule has 1 rings (SSSR count). The van der Waals surface area contributed by atoms with E-state index in [0.29, 0.717) is 17.3 Å². The Balaban J connectivity index is 3.02. The molecule has 1 amide bonds. The van der Waals surface area contributed by atoms with E-state index in [9.17, 15) is 14.0 Å². The number of aliphatic carboxylic acids is 1. The van der Waals surface area contributed by atoms with Crippen LogP contribution in [-0.4, -0.2) is 22.5 Å². The van der Waals surface area contributed by atoms with Crippen LogP contribution >= 0.6 is 15.9 Å². The molecule has 0 unspecified atom stereocenters. The van der Waals surface area contributed by atoms with Crippen molar-refractivity contribution < 1.29 is 19.1 Å². The van der Waals surface area contributed by atoms with Crippen molar-refractivity contribution in [3.05, 3.63) is 34.1 Å². The Morgan fingerprint density at radius 3 is 2.45 bits per heavy atom. The zero-order valence-corrected chi connectivity index (χ0v) is 13.0.